The minimum atomic E-state index is -0.302. The fraction of sp³-hybridized carbons (Fsp3) is 1.00. The van der Waals surface area contributed by atoms with Crippen molar-refractivity contribution in [1.82, 2.24) is 0 Å². The molecule has 0 amide bonds. The molecule has 0 aliphatic heterocycles. The third kappa shape index (κ3) is 3.69. The predicted molar refractivity (Wildman–Crippen MR) is 72.1 cm³/mol. The Morgan fingerprint density at radius 3 is 2.00 bits per heavy atom. The van der Waals surface area contributed by atoms with Gasteiger partial charge in [0, 0.05) is 6.61 Å². The smallest absolute Gasteiger partial charge is 0.0937 e. The van der Waals surface area contributed by atoms with Gasteiger partial charge < -0.3 is 9.84 Å². The lowest BCUT2D eigenvalue weighted by molar-refractivity contribution is -0.145. The van der Waals surface area contributed by atoms with Gasteiger partial charge >= 0.3 is 0 Å². The maximum atomic E-state index is 10.7. The minimum Gasteiger partial charge on any atom is -0.390 e. The van der Waals surface area contributed by atoms with E-state index in [0.29, 0.717) is 12.5 Å². The van der Waals surface area contributed by atoms with Crippen LogP contribution in [-0.2, 0) is 4.74 Å². The summed E-state index contributed by atoms with van der Waals surface area (Å²) in [6.07, 6.45) is 9.12. The van der Waals surface area contributed by atoms with Crippen LogP contribution in [0.5, 0.6) is 0 Å². The summed E-state index contributed by atoms with van der Waals surface area (Å²) in [5.41, 5.74) is -0.302. The predicted octanol–water partition coefficient (Wildman–Crippen LogP) is 3.91. The molecule has 1 aliphatic rings. The van der Waals surface area contributed by atoms with Gasteiger partial charge in [-0.1, -0.05) is 39.5 Å². The highest BCUT2D eigenvalue weighted by Gasteiger charge is 2.39. The van der Waals surface area contributed by atoms with E-state index in [2.05, 4.69) is 13.8 Å². The van der Waals surface area contributed by atoms with E-state index in [9.17, 15) is 5.11 Å². The quantitative estimate of drug-likeness (QED) is 0.715. The maximum Gasteiger partial charge on any atom is 0.0937 e. The maximum absolute atomic E-state index is 10.7. The molecular weight excluding hydrogens is 212 g/mol. The second-order valence-electron chi connectivity index (χ2n) is 5.40. The summed E-state index contributed by atoms with van der Waals surface area (Å²) in [5, 5.41) is 10.7. The summed E-state index contributed by atoms with van der Waals surface area (Å²) in [7, 11) is 0. The summed E-state index contributed by atoms with van der Waals surface area (Å²) in [6, 6.07) is 0. The average molecular weight is 242 g/mol. The molecule has 1 saturated carbocycles. The molecule has 0 aromatic carbocycles. The molecule has 0 aromatic heterocycles. The van der Waals surface area contributed by atoms with Crippen molar-refractivity contribution in [3.05, 3.63) is 0 Å². The number of aliphatic hydroxyl groups excluding tert-OH is 1. The number of rotatable bonds is 6. The van der Waals surface area contributed by atoms with Gasteiger partial charge in [-0.25, -0.2) is 0 Å². The minimum absolute atomic E-state index is 0.282. The molecule has 0 heterocycles. The Morgan fingerprint density at radius 1 is 1.06 bits per heavy atom. The van der Waals surface area contributed by atoms with Crippen molar-refractivity contribution >= 4 is 0 Å². The molecule has 1 unspecified atom stereocenters. The molecule has 0 radical (unpaired) electrons. The van der Waals surface area contributed by atoms with Crippen molar-refractivity contribution in [3.8, 4) is 0 Å². The second kappa shape index (κ2) is 7.38. The Labute approximate surface area is 107 Å². The molecule has 0 bridgehead atoms. The Kier molecular flexibility index (Phi) is 6.50. The molecule has 1 N–H and O–H groups in total. The molecule has 2 nitrogen and oxygen atoms in total. The molecule has 17 heavy (non-hydrogen) atoms. The van der Waals surface area contributed by atoms with E-state index in [1.807, 2.05) is 6.92 Å². The SMILES string of the molecule is CCOC(CC)(CC)C(O)C1CCCCCC1. The van der Waals surface area contributed by atoms with Gasteiger partial charge in [-0.15, -0.1) is 0 Å². The third-order valence-corrected chi connectivity index (χ3v) is 4.51. The number of ether oxygens (including phenoxy) is 1. The molecule has 0 saturated heterocycles. The first-order valence-electron chi connectivity index (χ1n) is 7.52. The topological polar surface area (TPSA) is 29.5 Å². The lowest BCUT2D eigenvalue weighted by Crippen LogP contribution is -2.48. The van der Waals surface area contributed by atoms with Crippen molar-refractivity contribution in [1.29, 1.82) is 0 Å². The van der Waals surface area contributed by atoms with Crippen molar-refractivity contribution in [2.75, 3.05) is 6.61 Å². The summed E-state index contributed by atoms with van der Waals surface area (Å²) in [4.78, 5) is 0. The number of aliphatic hydroxyl groups is 1. The van der Waals surface area contributed by atoms with Crippen molar-refractivity contribution in [2.24, 2.45) is 5.92 Å². The van der Waals surface area contributed by atoms with Crippen LogP contribution in [0.25, 0.3) is 0 Å². The van der Waals surface area contributed by atoms with Gasteiger partial charge in [0.15, 0.2) is 0 Å². The van der Waals surface area contributed by atoms with Gasteiger partial charge in [0.25, 0.3) is 0 Å². The lowest BCUT2D eigenvalue weighted by atomic mass is 9.79. The van der Waals surface area contributed by atoms with Crippen LogP contribution in [0.3, 0.4) is 0 Å². The van der Waals surface area contributed by atoms with Gasteiger partial charge in [0.05, 0.1) is 11.7 Å². The highest BCUT2D eigenvalue weighted by atomic mass is 16.5. The van der Waals surface area contributed by atoms with Gasteiger partial charge in [-0.2, -0.15) is 0 Å². The molecule has 2 heteroatoms. The number of hydrogen-bond acceptors (Lipinski definition) is 2. The van der Waals surface area contributed by atoms with E-state index in [1.54, 1.807) is 0 Å². The first-order valence-corrected chi connectivity index (χ1v) is 7.52. The van der Waals surface area contributed by atoms with Gasteiger partial charge in [0.1, 0.15) is 0 Å². The van der Waals surface area contributed by atoms with Crippen molar-refractivity contribution < 1.29 is 9.84 Å². The molecular formula is C15H30O2. The zero-order valence-electron chi connectivity index (χ0n) is 11.9. The molecule has 102 valence electrons. The van der Waals surface area contributed by atoms with E-state index < -0.39 is 0 Å². The molecule has 1 aliphatic carbocycles. The normalized spacial score (nSPS) is 21.2. The zero-order valence-corrected chi connectivity index (χ0v) is 11.9. The van der Waals surface area contributed by atoms with E-state index in [4.69, 9.17) is 4.74 Å². The fourth-order valence-corrected chi connectivity index (χ4v) is 3.30. The highest BCUT2D eigenvalue weighted by molar-refractivity contribution is 4.91. The Bertz CT molecular complexity index is 191. The first-order chi connectivity index (χ1) is 8.20. The average Bonchev–Trinajstić information content (AvgIpc) is 2.64. The standard InChI is InChI=1S/C15H30O2/c1-4-15(5-2,17-6-3)14(16)13-11-9-7-8-10-12-13/h13-14,16H,4-12H2,1-3H3. The molecule has 0 aromatic rings. The van der Waals surface area contributed by atoms with Crippen LogP contribution in [0.4, 0.5) is 0 Å². The Balaban J connectivity index is 2.70. The van der Waals surface area contributed by atoms with Gasteiger partial charge in [-0.3, -0.25) is 0 Å². The summed E-state index contributed by atoms with van der Waals surface area (Å²) < 4.78 is 5.93. The van der Waals surface area contributed by atoms with Crippen LogP contribution in [0.15, 0.2) is 0 Å². The van der Waals surface area contributed by atoms with E-state index in [1.165, 1.54) is 38.5 Å². The molecule has 1 rings (SSSR count). The largest absolute Gasteiger partial charge is 0.390 e. The van der Waals surface area contributed by atoms with Gasteiger partial charge in [0.2, 0.25) is 0 Å². The van der Waals surface area contributed by atoms with Crippen molar-refractivity contribution in [3.63, 3.8) is 0 Å². The van der Waals surface area contributed by atoms with E-state index >= 15 is 0 Å². The first kappa shape index (κ1) is 15.0. The summed E-state index contributed by atoms with van der Waals surface area (Å²) >= 11 is 0. The van der Waals surface area contributed by atoms with Crippen LogP contribution >= 0.6 is 0 Å². The molecule has 1 fully saturated rings. The monoisotopic (exact) mass is 242 g/mol. The van der Waals surface area contributed by atoms with Crippen molar-refractivity contribution in [2.45, 2.75) is 83.8 Å². The van der Waals surface area contributed by atoms with Crippen LogP contribution in [0.2, 0.25) is 0 Å². The molecule has 1 atom stereocenters. The summed E-state index contributed by atoms with van der Waals surface area (Å²) in [5.74, 6) is 0.448. The van der Waals surface area contributed by atoms with Crippen LogP contribution in [0, 0.1) is 5.92 Å². The Morgan fingerprint density at radius 2 is 1.59 bits per heavy atom. The molecule has 0 spiro atoms. The third-order valence-electron chi connectivity index (χ3n) is 4.51. The lowest BCUT2D eigenvalue weighted by Gasteiger charge is -2.40. The second-order valence-corrected chi connectivity index (χ2v) is 5.40. The van der Waals surface area contributed by atoms with Crippen LogP contribution in [-0.4, -0.2) is 23.4 Å². The highest BCUT2D eigenvalue weighted by Crippen LogP contribution is 2.35. The fourth-order valence-electron chi connectivity index (χ4n) is 3.30. The number of hydrogen-bond donors (Lipinski definition) is 1. The van der Waals surface area contributed by atoms with Crippen LogP contribution < -0.4 is 0 Å². The Hall–Kier alpha value is -0.0800. The van der Waals surface area contributed by atoms with E-state index in [-0.39, 0.29) is 11.7 Å². The summed E-state index contributed by atoms with van der Waals surface area (Å²) in [6.45, 7) is 7.00. The zero-order chi connectivity index (χ0) is 12.7. The van der Waals surface area contributed by atoms with Crippen LogP contribution in [0.1, 0.15) is 72.1 Å². The van der Waals surface area contributed by atoms with E-state index in [0.717, 1.165) is 12.8 Å². The van der Waals surface area contributed by atoms with Gasteiger partial charge in [-0.05, 0) is 38.5 Å².